The monoisotopic (exact) mass is 484 g/mol. The molecule has 10 heteroatoms. The van der Waals surface area contributed by atoms with Crippen molar-refractivity contribution in [3.05, 3.63) is 49.0 Å². The first-order chi connectivity index (χ1) is 11.2. The van der Waals surface area contributed by atoms with Gasteiger partial charge in [0.1, 0.15) is 6.54 Å². The van der Waals surface area contributed by atoms with Gasteiger partial charge in [0.15, 0.2) is 0 Å². The molecular formula is C14H9Br2F3N2O2S. The van der Waals surface area contributed by atoms with E-state index < -0.39 is 18.6 Å². The van der Waals surface area contributed by atoms with Crippen molar-refractivity contribution >= 4 is 60.7 Å². The zero-order valence-corrected chi connectivity index (χ0v) is 15.7. The lowest BCUT2D eigenvalue weighted by Crippen LogP contribution is -2.33. The molecule has 0 saturated carbocycles. The quantitative estimate of drug-likeness (QED) is 0.652. The smallest absolute Gasteiger partial charge is 0.343 e. The van der Waals surface area contributed by atoms with Gasteiger partial charge in [-0.05, 0) is 62.2 Å². The maximum atomic E-state index is 12.1. The number of carbonyl (C=O) groups excluding carboxylic acids is 2. The molecule has 0 spiro atoms. The van der Waals surface area contributed by atoms with E-state index >= 15 is 0 Å². The van der Waals surface area contributed by atoms with Crippen LogP contribution in [0.25, 0.3) is 0 Å². The summed E-state index contributed by atoms with van der Waals surface area (Å²) < 4.78 is 37.7. The van der Waals surface area contributed by atoms with Crippen molar-refractivity contribution in [3.8, 4) is 0 Å². The first-order valence-corrected chi connectivity index (χ1v) is 8.77. The number of nitrogens with one attached hydrogen (secondary N) is 2. The number of hydrogen-bond donors (Lipinski definition) is 2. The molecule has 0 fully saturated rings. The van der Waals surface area contributed by atoms with Crippen LogP contribution in [0.4, 0.5) is 18.9 Å². The van der Waals surface area contributed by atoms with Gasteiger partial charge in [0.05, 0.1) is 8.66 Å². The van der Waals surface area contributed by atoms with Crippen molar-refractivity contribution in [3.63, 3.8) is 0 Å². The predicted octanol–water partition coefficient (Wildman–Crippen LogP) is 4.82. The third kappa shape index (κ3) is 5.32. The van der Waals surface area contributed by atoms with Gasteiger partial charge in [0.25, 0.3) is 11.8 Å². The lowest BCUT2D eigenvalue weighted by molar-refractivity contribution is -0.123. The average Bonchev–Trinajstić information content (AvgIpc) is 2.84. The molecule has 1 heterocycles. The number of rotatable bonds is 4. The standard InChI is InChI=1S/C14H9Br2F3N2O2S/c15-9-5-10(24-11(9)16)13(23)21-8-3-1-7(2-4-8)12(22)20-6-14(17,18)19/h1-5H,6H2,(H,20,22)(H,21,23). The van der Waals surface area contributed by atoms with E-state index in [0.717, 1.165) is 8.26 Å². The van der Waals surface area contributed by atoms with Crippen LogP contribution in [0.5, 0.6) is 0 Å². The maximum absolute atomic E-state index is 12.1. The molecule has 4 nitrogen and oxygen atoms in total. The molecule has 0 aliphatic heterocycles. The molecule has 0 unspecified atom stereocenters. The number of alkyl halides is 3. The van der Waals surface area contributed by atoms with Crippen LogP contribution in [-0.4, -0.2) is 24.5 Å². The summed E-state index contributed by atoms with van der Waals surface area (Å²) in [6.45, 7) is -1.40. The van der Waals surface area contributed by atoms with Crippen LogP contribution < -0.4 is 10.6 Å². The van der Waals surface area contributed by atoms with Crippen LogP contribution in [0.15, 0.2) is 38.6 Å². The summed E-state index contributed by atoms with van der Waals surface area (Å²) >= 11 is 7.82. The van der Waals surface area contributed by atoms with E-state index in [-0.39, 0.29) is 11.5 Å². The highest BCUT2D eigenvalue weighted by Crippen LogP contribution is 2.32. The highest BCUT2D eigenvalue weighted by molar-refractivity contribution is 9.13. The lowest BCUT2D eigenvalue weighted by atomic mass is 10.2. The Bertz CT molecular complexity index is 741. The van der Waals surface area contributed by atoms with Crippen molar-refractivity contribution in [2.45, 2.75) is 6.18 Å². The molecular weight excluding hydrogens is 477 g/mol. The lowest BCUT2D eigenvalue weighted by Gasteiger charge is -2.09. The van der Waals surface area contributed by atoms with Gasteiger partial charge in [-0.15, -0.1) is 11.3 Å². The van der Waals surface area contributed by atoms with Crippen molar-refractivity contribution in [2.24, 2.45) is 0 Å². The Morgan fingerprint density at radius 2 is 1.71 bits per heavy atom. The number of amides is 2. The molecule has 0 aliphatic carbocycles. The van der Waals surface area contributed by atoms with Crippen LogP contribution in [0.3, 0.4) is 0 Å². The molecule has 1 aromatic carbocycles. The summed E-state index contributed by atoms with van der Waals surface area (Å²) in [4.78, 5) is 24.1. The van der Waals surface area contributed by atoms with E-state index in [1.165, 1.54) is 35.6 Å². The summed E-state index contributed by atoms with van der Waals surface area (Å²) in [6, 6.07) is 7.21. The van der Waals surface area contributed by atoms with Crippen LogP contribution in [0, 0.1) is 0 Å². The van der Waals surface area contributed by atoms with E-state index in [4.69, 9.17) is 0 Å². The summed E-state index contributed by atoms with van der Waals surface area (Å²) in [5, 5.41) is 4.41. The molecule has 1 aromatic heterocycles. The summed E-state index contributed by atoms with van der Waals surface area (Å²) in [6.07, 6.45) is -4.47. The first-order valence-electron chi connectivity index (χ1n) is 6.37. The highest BCUT2D eigenvalue weighted by atomic mass is 79.9. The fourth-order valence-electron chi connectivity index (χ4n) is 1.64. The zero-order valence-electron chi connectivity index (χ0n) is 11.7. The molecule has 0 aliphatic rings. The molecule has 2 aromatic rings. The summed E-state index contributed by atoms with van der Waals surface area (Å²) in [5.41, 5.74) is 0.492. The third-order valence-electron chi connectivity index (χ3n) is 2.72. The number of anilines is 1. The Morgan fingerprint density at radius 1 is 1.08 bits per heavy atom. The number of hydrogen-bond acceptors (Lipinski definition) is 3. The van der Waals surface area contributed by atoms with E-state index in [1.807, 2.05) is 0 Å². The van der Waals surface area contributed by atoms with E-state index in [1.54, 1.807) is 11.4 Å². The molecule has 2 N–H and O–H groups in total. The third-order valence-corrected chi connectivity index (χ3v) is 5.98. The largest absolute Gasteiger partial charge is 0.405 e. The van der Waals surface area contributed by atoms with Gasteiger partial charge >= 0.3 is 6.18 Å². The predicted molar refractivity (Wildman–Crippen MR) is 92.5 cm³/mol. The summed E-state index contributed by atoms with van der Waals surface area (Å²) in [7, 11) is 0. The van der Waals surface area contributed by atoms with Crippen molar-refractivity contribution < 1.29 is 22.8 Å². The molecule has 2 rings (SSSR count). The fourth-order valence-corrected chi connectivity index (χ4v) is 3.57. The van der Waals surface area contributed by atoms with Crippen LogP contribution in [0.1, 0.15) is 20.0 Å². The second-order valence-electron chi connectivity index (χ2n) is 4.56. The van der Waals surface area contributed by atoms with Gasteiger partial charge in [-0.25, -0.2) is 0 Å². The van der Waals surface area contributed by atoms with Crippen molar-refractivity contribution in [1.29, 1.82) is 0 Å². The van der Waals surface area contributed by atoms with Crippen LogP contribution in [0.2, 0.25) is 0 Å². The van der Waals surface area contributed by atoms with E-state index in [9.17, 15) is 22.8 Å². The minimum Gasteiger partial charge on any atom is -0.343 e. The molecule has 0 radical (unpaired) electrons. The van der Waals surface area contributed by atoms with Gasteiger partial charge in [0.2, 0.25) is 0 Å². The number of thiophene rings is 1. The van der Waals surface area contributed by atoms with Gasteiger partial charge in [-0.2, -0.15) is 13.2 Å². The number of benzene rings is 1. The SMILES string of the molecule is O=C(NCC(F)(F)F)c1ccc(NC(=O)c2cc(Br)c(Br)s2)cc1. The minimum atomic E-state index is -4.47. The Labute approximate surface area is 155 Å². The molecule has 2 amide bonds. The Morgan fingerprint density at radius 3 is 2.21 bits per heavy atom. The molecule has 24 heavy (non-hydrogen) atoms. The van der Waals surface area contributed by atoms with Gasteiger partial charge < -0.3 is 10.6 Å². The first kappa shape index (κ1) is 18.9. The van der Waals surface area contributed by atoms with Gasteiger partial charge in [-0.3, -0.25) is 9.59 Å². The van der Waals surface area contributed by atoms with E-state index in [0.29, 0.717) is 10.6 Å². The second-order valence-corrected chi connectivity index (χ2v) is 7.79. The van der Waals surface area contributed by atoms with Crippen molar-refractivity contribution in [2.75, 3.05) is 11.9 Å². The van der Waals surface area contributed by atoms with E-state index in [2.05, 4.69) is 37.2 Å². The minimum absolute atomic E-state index is 0.0684. The Hall–Kier alpha value is -1.39. The molecule has 0 saturated heterocycles. The fraction of sp³-hybridized carbons (Fsp3) is 0.143. The normalized spacial score (nSPS) is 11.2. The summed E-state index contributed by atoms with van der Waals surface area (Å²) in [5.74, 6) is -1.17. The van der Waals surface area contributed by atoms with Crippen molar-refractivity contribution in [1.82, 2.24) is 5.32 Å². The molecule has 0 bridgehead atoms. The van der Waals surface area contributed by atoms with Crippen LogP contribution in [-0.2, 0) is 0 Å². The van der Waals surface area contributed by atoms with Gasteiger partial charge in [-0.1, -0.05) is 0 Å². The highest BCUT2D eigenvalue weighted by Gasteiger charge is 2.27. The number of halogens is 5. The zero-order chi connectivity index (χ0) is 17.9. The molecule has 0 atom stereocenters. The Balaban J connectivity index is 1.99. The Kier molecular flexibility index (Phi) is 6.05. The average molecular weight is 486 g/mol. The van der Waals surface area contributed by atoms with Gasteiger partial charge in [0, 0.05) is 15.7 Å². The maximum Gasteiger partial charge on any atom is 0.405 e. The topological polar surface area (TPSA) is 58.2 Å². The number of carbonyl (C=O) groups is 2. The van der Waals surface area contributed by atoms with Crippen LogP contribution >= 0.6 is 43.2 Å². The molecule has 128 valence electrons. The second kappa shape index (κ2) is 7.66.